The third-order valence-corrected chi connectivity index (χ3v) is 6.81. The van der Waals surface area contributed by atoms with Gasteiger partial charge in [0.2, 0.25) is 0 Å². The number of thioether (sulfide) groups is 1. The Hall–Kier alpha value is -0.710. The fourth-order valence-electron chi connectivity index (χ4n) is 4.04. The standard InChI is InChI=1S/C14H21NO3S/c1-13(2)8-4-5-14(13,3)10(6-8)18-11(16)9-7-19-12(17)15-9/h8-10H,4-7H2,1-3H3,(H,15,17). The predicted molar refractivity (Wildman–Crippen MR) is 73.9 cm³/mol. The molecule has 2 saturated carbocycles. The number of hydrogen-bond donors (Lipinski definition) is 1. The monoisotopic (exact) mass is 283 g/mol. The average Bonchev–Trinajstić information content (AvgIpc) is 2.91. The van der Waals surface area contributed by atoms with Crippen molar-refractivity contribution in [1.82, 2.24) is 5.32 Å². The van der Waals surface area contributed by atoms with E-state index >= 15 is 0 Å². The second-order valence-electron chi connectivity index (χ2n) is 6.83. The number of rotatable bonds is 2. The van der Waals surface area contributed by atoms with Crippen LogP contribution < -0.4 is 5.32 Å². The van der Waals surface area contributed by atoms with Gasteiger partial charge in [-0.25, -0.2) is 4.79 Å². The van der Waals surface area contributed by atoms with E-state index in [0.29, 0.717) is 11.7 Å². The molecular weight excluding hydrogens is 262 g/mol. The van der Waals surface area contributed by atoms with E-state index in [-0.39, 0.29) is 28.1 Å². The van der Waals surface area contributed by atoms with E-state index in [1.54, 1.807) is 0 Å². The Balaban J connectivity index is 1.69. The molecule has 5 heteroatoms. The minimum absolute atomic E-state index is 0.0104. The zero-order valence-electron chi connectivity index (χ0n) is 11.7. The van der Waals surface area contributed by atoms with Gasteiger partial charge in [0.25, 0.3) is 5.24 Å². The van der Waals surface area contributed by atoms with Gasteiger partial charge in [-0.15, -0.1) is 0 Å². The lowest BCUT2D eigenvalue weighted by Gasteiger charge is -2.38. The van der Waals surface area contributed by atoms with Gasteiger partial charge >= 0.3 is 5.97 Å². The van der Waals surface area contributed by atoms with Crippen LogP contribution in [-0.4, -0.2) is 29.1 Å². The highest BCUT2D eigenvalue weighted by atomic mass is 32.2. The molecular formula is C14H21NO3S. The van der Waals surface area contributed by atoms with Crippen LogP contribution in [0.4, 0.5) is 4.79 Å². The molecule has 0 aromatic carbocycles. The minimum atomic E-state index is -0.455. The first-order valence-corrected chi connectivity index (χ1v) is 7.97. The maximum Gasteiger partial charge on any atom is 0.329 e. The summed E-state index contributed by atoms with van der Waals surface area (Å²) < 4.78 is 5.75. The van der Waals surface area contributed by atoms with Gasteiger partial charge in [-0.05, 0) is 30.6 Å². The molecule has 0 spiro atoms. The Morgan fingerprint density at radius 1 is 1.42 bits per heavy atom. The molecule has 3 rings (SSSR count). The minimum Gasteiger partial charge on any atom is -0.460 e. The van der Waals surface area contributed by atoms with Crippen molar-refractivity contribution in [3.8, 4) is 0 Å². The van der Waals surface area contributed by atoms with Gasteiger partial charge in [-0.1, -0.05) is 32.5 Å². The number of fused-ring (bicyclic) bond motifs is 2. The number of hydrogen-bond acceptors (Lipinski definition) is 4. The van der Waals surface area contributed by atoms with Gasteiger partial charge in [0.05, 0.1) is 0 Å². The highest BCUT2D eigenvalue weighted by Gasteiger charge is 2.63. The molecule has 3 fully saturated rings. The van der Waals surface area contributed by atoms with Crippen LogP contribution in [0.1, 0.15) is 40.0 Å². The Morgan fingerprint density at radius 3 is 2.63 bits per heavy atom. The van der Waals surface area contributed by atoms with E-state index in [4.69, 9.17) is 4.74 Å². The van der Waals surface area contributed by atoms with Crippen molar-refractivity contribution in [2.75, 3.05) is 5.75 Å². The molecule has 1 aliphatic heterocycles. The number of carbonyl (C=O) groups excluding carboxylic acids is 2. The maximum absolute atomic E-state index is 12.1. The summed E-state index contributed by atoms with van der Waals surface area (Å²) in [4.78, 5) is 23.3. The molecule has 4 atom stereocenters. The van der Waals surface area contributed by atoms with Gasteiger partial charge in [0, 0.05) is 11.2 Å². The van der Waals surface area contributed by atoms with Crippen LogP contribution in [0.25, 0.3) is 0 Å². The summed E-state index contributed by atoms with van der Waals surface area (Å²) in [5.74, 6) is 0.893. The number of nitrogens with one attached hydrogen (secondary N) is 1. The van der Waals surface area contributed by atoms with E-state index in [1.165, 1.54) is 6.42 Å². The average molecular weight is 283 g/mol. The summed E-state index contributed by atoms with van der Waals surface area (Å²) >= 11 is 1.15. The van der Waals surface area contributed by atoms with Crippen LogP contribution >= 0.6 is 11.8 Å². The van der Waals surface area contributed by atoms with Gasteiger partial charge in [0.15, 0.2) is 0 Å². The third-order valence-electron chi connectivity index (χ3n) is 5.93. The molecule has 4 nitrogen and oxygen atoms in total. The Morgan fingerprint density at radius 2 is 2.16 bits per heavy atom. The van der Waals surface area contributed by atoms with Gasteiger partial charge < -0.3 is 10.1 Å². The van der Waals surface area contributed by atoms with E-state index in [0.717, 1.165) is 24.6 Å². The van der Waals surface area contributed by atoms with E-state index < -0.39 is 6.04 Å². The van der Waals surface area contributed by atoms with E-state index in [2.05, 4.69) is 26.1 Å². The Labute approximate surface area is 118 Å². The lowest BCUT2D eigenvalue weighted by Crippen LogP contribution is -2.43. The van der Waals surface area contributed by atoms with E-state index in [9.17, 15) is 9.59 Å². The fraction of sp³-hybridized carbons (Fsp3) is 0.857. The lowest BCUT2D eigenvalue weighted by atomic mass is 9.70. The topological polar surface area (TPSA) is 55.4 Å². The molecule has 1 saturated heterocycles. The van der Waals surface area contributed by atoms with Crippen LogP contribution in [0.5, 0.6) is 0 Å². The molecule has 2 aliphatic carbocycles. The smallest absolute Gasteiger partial charge is 0.329 e. The first-order chi connectivity index (χ1) is 8.84. The number of esters is 1. The largest absolute Gasteiger partial charge is 0.460 e. The first kappa shape index (κ1) is 13.3. The Bertz CT molecular complexity index is 436. The molecule has 19 heavy (non-hydrogen) atoms. The van der Waals surface area contributed by atoms with Gasteiger partial charge in [0.1, 0.15) is 12.1 Å². The summed E-state index contributed by atoms with van der Waals surface area (Å²) in [5.41, 5.74) is 0.328. The molecule has 0 aromatic rings. The second-order valence-corrected chi connectivity index (χ2v) is 7.82. The quantitative estimate of drug-likeness (QED) is 0.791. The van der Waals surface area contributed by atoms with Crippen molar-refractivity contribution in [1.29, 1.82) is 0 Å². The second kappa shape index (κ2) is 4.14. The van der Waals surface area contributed by atoms with Crippen LogP contribution in [-0.2, 0) is 9.53 Å². The summed E-state index contributed by atoms with van der Waals surface area (Å²) in [7, 11) is 0. The van der Waals surface area contributed by atoms with Crippen molar-refractivity contribution in [2.45, 2.75) is 52.2 Å². The van der Waals surface area contributed by atoms with Gasteiger partial charge in [-0.3, -0.25) is 4.79 Å². The summed E-state index contributed by atoms with van der Waals surface area (Å²) in [5, 5.41) is 2.53. The molecule has 1 N–H and O–H groups in total. The molecule has 3 aliphatic rings. The summed E-state index contributed by atoms with van der Waals surface area (Å²) in [6, 6.07) is -0.455. The van der Waals surface area contributed by atoms with Crippen molar-refractivity contribution >= 4 is 23.0 Å². The van der Waals surface area contributed by atoms with Crippen LogP contribution in [0.2, 0.25) is 0 Å². The van der Waals surface area contributed by atoms with Crippen LogP contribution in [0, 0.1) is 16.7 Å². The molecule has 0 aromatic heterocycles. The zero-order chi connectivity index (χ0) is 13.8. The van der Waals surface area contributed by atoms with E-state index in [1.807, 2.05) is 0 Å². The fourth-order valence-corrected chi connectivity index (χ4v) is 4.81. The highest BCUT2D eigenvalue weighted by molar-refractivity contribution is 8.14. The number of carbonyl (C=O) groups is 2. The first-order valence-electron chi connectivity index (χ1n) is 6.98. The summed E-state index contributed by atoms with van der Waals surface area (Å²) in [6.45, 7) is 6.84. The molecule has 0 radical (unpaired) electrons. The Kier molecular flexibility index (Phi) is 2.89. The molecule has 4 unspecified atom stereocenters. The number of ether oxygens (including phenoxy) is 1. The molecule has 106 valence electrons. The summed E-state index contributed by atoms with van der Waals surface area (Å²) in [6.07, 6.45) is 3.36. The van der Waals surface area contributed by atoms with Gasteiger partial charge in [-0.2, -0.15) is 0 Å². The van der Waals surface area contributed by atoms with Crippen molar-refractivity contribution in [3.05, 3.63) is 0 Å². The van der Waals surface area contributed by atoms with Crippen molar-refractivity contribution in [2.24, 2.45) is 16.7 Å². The number of amides is 1. The molecule has 1 amide bonds. The van der Waals surface area contributed by atoms with Crippen LogP contribution in [0.3, 0.4) is 0 Å². The van der Waals surface area contributed by atoms with Crippen molar-refractivity contribution in [3.63, 3.8) is 0 Å². The zero-order valence-corrected chi connectivity index (χ0v) is 12.5. The predicted octanol–water partition coefficient (Wildman–Crippen LogP) is 2.57. The van der Waals surface area contributed by atoms with Crippen molar-refractivity contribution < 1.29 is 14.3 Å². The van der Waals surface area contributed by atoms with Crippen LogP contribution in [0.15, 0.2) is 0 Å². The molecule has 1 heterocycles. The SMILES string of the molecule is CC1(C)C2CCC1(C)C(OC(=O)C1CSC(=O)N1)C2. The molecule has 2 bridgehead atoms. The maximum atomic E-state index is 12.1. The third kappa shape index (κ3) is 1.81. The normalized spacial score (nSPS) is 43.3. The lowest BCUT2D eigenvalue weighted by molar-refractivity contribution is -0.158. The highest BCUT2D eigenvalue weighted by Crippen LogP contribution is 2.66.